The number of ketones is 1. The molecule has 162 valence electrons. The molecule has 0 unspecified atom stereocenters. The Morgan fingerprint density at radius 3 is 2.52 bits per heavy atom. The first-order valence-corrected chi connectivity index (χ1v) is 11.6. The lowest BCUT2D eigenvalue weighted by Gasteiger charge is -2.05. The second kappa shape index (κ2) is 9.71. The maximum atomic E-state index is 12.6. The highest BCUT2D eigenvalue weighted by atomic mass is 32.2. The molecule has 0 fully saturated rings. The number of nitrogens with one attached hydrogen (secondary N) is 1. The number of esters is 1. The van der Waals surface area contributed by atoms with Gasteiger partial charge in [-0.1, -0.05) is 18.2 Å². The maximum Gasteiger partial charge on any atom is 0.374 e. The van der Waals surface area contributed by atoms with Gasteiger partial charge in [0.2, 0.25) is 17.5 Å². The van der Waals surface area contributed by atoms with E-state index in [2.05, 4.69) is 5.32 Å². The number of hydrogen-bond donors (Lipinski definition) is 1. The van der Waals surface area contributed by atoms with Crippen molar-refractivity contribution in [3.05, 3.63) is 75.9 Å². The van der Waals surface area contributed by atoms with E-state index >= 15 is 0 Å². The van der Waals surface area contributed by atoms with Gasteiger partial charge in [-0.2, -0.15) is 0 Å². The van der Waals surface area contributed by atoms with E-state index < -0.39 is 33.9 Å². The van der Waals surface area contributed by atoms with Gasteiger partial charge in [0.15, 0.2) is 16.4 Å². The first-order valence-electron chi connectivity index (χ1n) is 9.14. The van der Waals surface area contributed by atoms with Crippen molar-refractivity contribution in [1.29, 1.82) is 0 Å². The van der Waals surface area contributed by atoms with Gasteiger partial charge in [0.1, 0.15) is 0 Å². The van der Waals surface area contributed by atoms with Gasteiger partial charge in [0.25, 0.3) is 0 Å². The fourth-order valence-electron chi connectivity index (χ4n) is 2.65. The summed E-state index contributed by atoms with van der Waals surface area (Å²) < 4.78 is 35.2. The third-order valence-corrected chi connectivity index (χ3v) is 6.97. The first-order chi connectivity index (χ1) is 14.8. The Balaban J connectivity index is 1.61. The number of Topliss-reactive ketones (excluding diaryl/α,β-unsaturated/α-hetero) is 1. The van der Waals surface area contributed by atoms with Crippen molar-refractivity contribution in [1.82, 2.24) is 5.32 Å². The Bertz CT molecular complexity index is 1190. The molecule has 1 amide bonds. The predicted octanol–water partition coefficient (Wildman–Crippen LogP) is 2.99. The molecule has 1 N–H and O–H groups in total. The molecule has 0 aliphatic heterocycles. The number of carbonyl (C=O) groups excluding carboxylic acids is 3. The fraction of sp³-hybridized carbons (Fsp3) is 0.190. The van der Waals surface area contributed by atoms with E-state index in [4.69, 9.17) is 9.15 Å². The quantitative estimate of drug-likeness (QED) is 0.384. The van der Waals surface area contributed by atoms with Crippen LogP contribution in [0.1, 0.15) is 37.6 Å². The number of hydrogen-bond acceptors (Lipinski definition) is 8. The van der Waals surface area contributed by atoms with Crippen LogP contribution in [0.2, 0.25) is 0 Å². The molecule has 10 heteroatoms. The average molecular weight is 462 g/mol. The normalized spacial score (nSPS) is 11.1. The monoisotopic (exact) mass is 461 g/mol. The molecule has 0 aliphatic rings. The van der Waals surface area contributed by atoms with E-state index in [-0.39, 0.29) is 22.1 Å². The van der Waals surface area contributed by atoms with Crippen molar-refractivity contribution in [2.75, 3.05) is 6.61 Å². The lowest BCUT2D eigenvalue weighted by Crippen LogP contribution is -2.18. The van der Waals surface area contributed by atoms with Crippen LogP contribution in [0.25, 0.3) is 0 Å². The third kappa shape index (κ3) is 5.89. The summed E-state index contributed by atoms with van der Waals surface area (Å²) in [5.74, 6) is -2.23. The molecule has 0 spiro atoms. The topological polar surface area (TPSA) is 120 Å². The molecule has 2 aromatic heterocycles. The zero-order valence-corrected chi connectivity index (χ0v) is 18.1. The number of thiophene rings is 1. The fourth-order valence-corrected chi connectivity index (χ4v) is 4.89. The SMILES string of the molecule is CC(=O)NCc1ccc(C(=O)COC(=O)c2occc2CS(=O)(=O)c2ccccc2)s1. The van der Waals surface area contributed by atoms with E-state index in [1.165, 1.54) is 42.7 Å². The highest BCUT2D eigenvalue weighted by Crippen LogP contribution is 2.21. The van der Waals surface area contributed by atoms with Gasteiger partial charge in [-0.25, -0.2) is 13.2 Å². The van der Waals surface area contributed by atoms with E-state index in [1.54, 1.807) is 30.3 Å². The molecule has 3 aromatic rings. The van der Waals surface area contributed by atoms with Crippen molar-refractivity contribution in [2.24, 2.45) is 0 Å². The molecular weight excluding hydrogens is 442 g/mol. The Kier molecular flexibility index (Phi) is 7.03. The van der Waals surface area contributed by atoms with Crippen LogP contribution in [0.5, 0.6) is 0 Å². The minimum absolute atomic E-state index is 0.124. The number of sulfone groups is 1. The molecule has 1 aromatic carbocycles. The summed E-state index contributed by atoms with van der Waals surface area (Å²) in [7, 11) is -3.69. The van der Waals surface area contributed by atoms with Gasteiger partial charge >= 0.3 is 5.97 Å². The molecule has 3 rings (SSSR count). The third-order valence-electron chi connectivity index (χ3n) is 4.16. The molecule has 0 bridgehead atoms. The highest BCUT2D eigenvalue weighted by Gasteiger charge is 2.24. The number of carbonyl (C=O) groups is 3. The van der Waals surface area contributed by atoms with Crippen molar-refractivity contribution in [3.63, 3.8) is 0 Å². The van der Waals surface area contributed by atoms with Gasteiger partial charge in [-0.05, 0) is 30.3 Å². The summed E-state index contributed by atoms with van der Waals surface area (Å²) in [6, 6.07) is 12.5. The average Bonchev–Trinajstić information content (AvgIpc) is 3.40. The lowest BCUT2D eigenvalue weighted by atomic mass is 10.3. The number of amides is 1. The molecule has 0 atom stereocenters. The maximum absolute atomic E-state index is 12.6. The zero-order valence-electron chi connectivity index (χ0n) is 16.5. The van der Waals surface area contributed by atoms with Crippen molar-refractivity contribution >= 4 is 38.8 Å². The van der Waals surface area contributed by atoms with Gasteiger partial charge in [-0.3, -0.25) is 9.59 Å². The van der Waals surface area contributed by atoms with Crippen molar-refractivity contribution in [2.45, 2.75) is 24.1 Å². The van der Waals surface area contributed by atoms with Crippen LogP contribution in [0.4, 0.5) is 0 Å². The second-order valence-electron chi connectivity index (χ2n) is 6.52. The molecule has 0 radical (unpaired) electrons. The number of furan rings is 1. The molecule has 2 heterocycles. The van der Waals surface area contributed by atoms with Crippen LogP contribution in [-0.4, -0.2) is 32.7 Å². The Labute approximate surface area is 182 Å². The first kappa shape index (κ1) is 22.4. The summed E-state index contributed by atoms with van der Waals surface area (Å²) in [5.41, 5.74) is 0.148. The van der Waals surface area contributed by atoms with Gasteiger partial charge in [0, 0.05) is 17.4 Å². The molecule has 31 heavy (non-hydrogen) atoms. The summed E-state index contributed by atoms with van der Waals surface area (Å²) >= 11 is 1.18. The molecule has 0 saturated carbocycles. The summed E-state index contributed by atoms with van der Waals surface area (Å²) in [4.78, 5) is 36.9. The standard InChI is InChI=1S/C21H19NO7S2/c1-14(23)22-11-16-7-8-19(30-16)18(24)12-29-21(25)20-15(9-10-28-20)13-31(26,27)17-5-3-2-4-6-17/h2-10H,11-13H2,1H3,(H,22,23). The van der Waals surface area contributed by atoms with Crippen LogP contribution in [0.15, 0.2) is 64.1 Å². The number of rotatable bonds is 9. The van der Waals surface area contributed by atoms with E-state index in [1.807, 2.05) is 0 Å². The summed E-state index contributed by atoms with van der Waals surface area (Å²) in [5, 5.41) is 2.63. The number of ether oxygens (including phenoxy) is 1. The van der Waals surface area contributed by atoms with Gasteiger partial charge < -0.3 is 14.5 Å². The van der Waals surface area contributed by atoms with E-state index in [0.29, 0.717) is 11.4 Å². The highest BCUT2D eigenvalue weighted by molar-refractivity contribution is 7.90. The molecular formula is C21H19NO7S2. The molecule has 0 aliphatic carbocycles. The van der Waals surface area contributed by atoms with Crippen LogP contribution in [0.3, 0.4) is 0 Å². The largest absolute Gasteiger partial charge is 0.457 e. The summed E-state index contributed by atoms with van der Waals surface area (Å²) in [6.07, 6.45) is 1.20. The number of benzene rings is 1. The minimum atomic E-state index is -3.69. The van der Waals surface area contributed by atoms with Gasteiger partial charge in [0.05, 0.1) is 28.3 Å². The second-order valence-corrected chi connectivity index (χ2v) is 9.68. The van der Waals surface area contributed by atoms with Crippen LogP contribution >= 0.6 is 11.3 Å². The van der Waals surface area contributed by atoms with Crippen LogP contribution < -0.4 is 5.32 Å². The Morgan fingerprint density at radius 2 is 1.81 bits per heavy atom. The summed E-state index contributed by atoms with van der Waals surface area (Å²) in [6.45, 7) is 1.18. The lowest BCUT2D eigenvalue weighted by molar-refractivity contribution is -0.119. The van der Waals surface area contributed by atoms with Crippen molar-refractivity contribution in [3.8, 4) is 0 Å². The minimum Gasteiger partial charge on any atom is -0.457 e. The van der Waals surface area contributed by atoms with Crippen molar-refractivity contribution < 1.29 is 32.0 Å². The Hall–Kier alpha value is -3.24. The molecule has 0 saturated heterocycles. The Morgan fingerprint density at radius 1 is 1.06 bits per heavy atom. The smallest absolute Gasteiger partial charge is 0.374 e. The zero-order chi connectivity index (χ0) is 22.4. The van der Waals surface area contributed by atoms with E-state index in [0.717, 1.165) is 4.88 Å². The van der Waals surface area contributed by atoms with Gasteiger partial charge in [-0.15, -0.1) is 11.3 Å². The molecule has 8 nitrogen and oxygen atoms in total. The van der Waals surface area contributed by atoms with Crippen LogP contribution in [0, 0.1) is 0 Å². The van der Waals surface area contributed by atoms with E-state index in [9.17, 15) is 22.8 Å². The van der Waals surface area contributed by atoms with Crippen LogP contribution in [-0.2, 0) is 31.7 Å². The predicted molar refractivity (Wildman–Crippen MR) is 112 cm³/mol.